The van der Waals surface area contributed by atoms with E-state index in [1.54, 1.807) is 11.3 Å². The summed E-state index contributed by atoms with van der Waals surface area (Å²) in [4.78, 5) is 11.0. The number of anilines is 1. The Morgan fingerprint density at radius 2 is 2.16 bits per heavy atom. The third-order valence-electron chi connectivity index (χ3n) is 2.93. The van der Waals surface area contributed by atoms with E-state index in [1.165, 1.54) is 16.1 Å². The molecule has 0 aliphatic heterocycles. The molecule has 0 saturated carbocycles. The van der Waals surface area contributed by atoms with Crippen LogP contribution in [0, 0.1) is 6.92 Å². The van der Waals surface area contributed by atoms with Crippen LogP contribution in [0.1, 0.15) is 41.6 Å². The number of hydrogen-bond acceptors (Lipinski definition) is 4. The van der Waals surface area contributed by atoms with Gasteiger partial charge in [0, 0.05) is 15.3 Å². The maximum atomic E-state index is 6.15. The molecule has 3 nitrogen and oxygen atoms in total. The second-order valence-electron chi connectivity index (χ2n) is 4.56. The van der Waals surface area contributed by atoms with Gasteiger partial charge in [0.15, 0.2) is 0 Å². The van der Waals surface area contributed by atoms with Crippen LogP contribution in [0.2, 0.25) is 5.15 Å². The highest BCUT2D eigenvalue weighted by Gasteiger charge is 2.13. The lowest BCUT2D eigenvalue weighted by Gasteiger charge is -2.16. The summed E-state index contributed by atoms with van der Waals surface area (Å²) in [7, 11) is 0. The summed E-state index contributed by atoms with van der Waals surface area (Å²) in [5.41, 5.74) is 1.01. The van der Waals surface area contributed by atoms with E-state index in [1.807, 2.05) is 0 Å². The van der Waals surface area contributed by atoms with Crippen LogP contribution in [-0.4, -0.2) is 9.97 Å². The Morgan fingerprint density at radius 1 is 1.37 bits per heavy atom. The number of hydrogen-bond donors (Lipinski definition) is 1. The van der Waals surface area contributed by atoms with Crippen LogP contribution < -0.4 is 5.32 Å². The van der Waals surface area contributed by atoms with Gasteiger partial charge in [-0.3, -0.25) is 0 Å². The fourth-order valence-corrected chi connectivity index (χ4v) is 3.06. The molecule has 0 aliphatic carbocycles. The van der Waals surface area contributed by atoms with Gasteiger partial charge in [0.25, 0.3) is 0 Å². The first kappa shape index (κ1) is 14.3. The third-order valence-corrected chi connectivity index (χ3v) is 4.44. The van der Waals surface area contributed by atoms with Crippen molar-refractivity contribution in [3.63, 3.8) is 0 Å². The minimum Gasteiger partial charge on any atom is -0.362 e. The van der Waals surface area contributed by atoms with Gasteiger partial charge in [0.2, 0.25) is 0 Å². The normalized spacial score (nSPS) is 12.4. The van der Waals surface area contributed by atoms with Crippen molar-refractivity contribution in [3.8, 4) is 0 Å². The average molecular weight is 296 g/mol. The van der Waals surface area contributed by atoms with Crippen molar-refractivity contribution < 1.29 is 0 Å². The molecule has 2 heterocycles. The van der Waals surface area contributed by atoms with Crippen LogP contribution in [-0.2, 0) is 6.42 Å². The highest BCUT2D eigenvalue weighted by atomic mass is 35.5. The van der Waals surface area contributed by atoms with Crippen LogP contribution in [0.3, 0.4) is 0 Å². The monoisotopic (exact) mass is 295 g/mol. The molecule has 5 heteroatoms. The van der Waals surface area contributed by atoms with Gasteiger partial charge in [-0.1, -0.05) is 24.9 Å². The summed E-state index contributed by atoms with van der Waals surface area (Å²) in [6.45, 7) is 6.38. The van der Waals surface area contributed by atoms with Gasteiger partial charge in [-0.15, -0.1) is 11.3 Å². The van der Waals surface area contributed by atoms with Crippen LogP contribution >= 0.6 is 22.9 Å². The number of rotatable bonds is 5. The zero-order valence-corrected chi connectivity index (χ0v) is 13.0. The first-order valence-electron chi connectivity index (χ1n) is 6.44. The first-order chi connectivity index (χ1) is 9.11. The topological polar surface area (TPSA) is 37.8 Å². The van der Waals surface area contributed by atoms with Gasteiger partial charge in [-0.25, -0.2) is 9.97 Å². The lowest BCUT2D eigenvalue weighted by atomic mass is 10.1. The summed E-state index contributed by atoms with van der Waals surface area (Å²) in [5.74, 6) is 0.848. The first-order valence-corrected chi connectivity index (χ1v) is 7.63. The van der Waals surface area contributed by atoms with Crippen molar-refractivity contribution in [2.75, 3.05) is 5.32 Å². The van der Waals surface area contributed by atoms with E-state index in [0.717, 1.165) is 24.2 Å². The number of aryl methyl sites for hydroxylation is 1. The lowest BCUT2D eigenvalue weighted by Crippen LogP contribution is -2.09. The average Bonchev–Trinajstić information content (AvgIpc) is 2.80. The van der Waals surface area contributed by atoms with E-state index >= 15 is 0 Å². The molecule has 102 valence electrons. The predicted molar refractivity (Wildman–Crippen MR) is 82.1 cm³/mol. The maximum Gasteiger partial charge on any atom is 0.137 e. The van der Waals surface area contributed by atoms with Crippen molar-refractivity contribution in [2.24, 2.45) is 0 Å². The van der Waals surface area contributed by atoms with Gasteiger partial charge in [0.1, 0.15) is 17.3 Å². The minimum atomic E-state index is 0.222. The smallest absolute Gasteiger partial charge is 0.137 e. The molecule has 0 radical (unpaired) electrons. The number of halogens is 1. The fraction of sp³-hybridized carbons (Fsp3) is 0.429. The molecule has 19 heavy (non-hydrogen) atoms. The second-order valence-corrected chi connectivity index (χ2v) is 6.23. The van der Waals surface area contributed by atoms with Crippen molar-refractivity contribution in [3.05, 3.63) is 38.9 Å². The Bertz CT molecular complexity index is 553. The van der Waals surface area contributed by atoms with Crippen molar-refractivity contribution >= 4 is 28.8 Å². The molecule has 0 aromatic carbocycles. The van der Waals surface area contributed by atoms with Gasteiger partial charge in [-0.2, -0.15) is 0 Å². The highest BCUT2D eigenvalue weighted by molar-refractivity contribution is 7.12. The van der Waals surface area contributed by atoms with Gasteiger partial charge in [-0.05, 0) is 32.4 Å². The second kappa shape index (κ2) is 6.35. The molecule has 0 bridgehead atoms. The summed E-state index contributed by atoms with van der Waals surface area (Å²) in [5, 5.41) is 3.99. The maximum absolute atomic E-state index is 6.15. The summed E-state index contributed by atoms with van der Waals surface area (Å²) in [6.07, 6.45) is 3.42. The minimum absolute atomic E-state index is 0.222. The van der Waals surface area contributed by atoms with Crippen molar-refractivity contribution in [1.29, 1.82) is 0 Å². The molecule has 0 spiro atoms. The Balaban J connectivity index is 2.21. The molecule has 0 fully saturated rings. The van der Waals surface area contributed by atoms with Crippen LogP contribution in [0.15, 0.2) is 18.5 Å². The molecular formula is C14H18ClN3S. The zero-order chi connectivity index (χ0) is 13.8. The number of aromatic nitrogens is 2. The number of nitrogens with one attached hydrogen (secondary N) is 1. The summed E-state index contributed by atoms with van der Waals surface area (Å²) in [6, 6.07) is 4.51. The SMILES string of the molecule is CCCc1c(Cl)ncnc1NC(C)c1ccc(C)s1. The van der Waals surface area contributed by atoms with Gasteiger partial charge in [0.05, 0.1) is 6.04 Å². The predicted octanol–water partition coefficient (Wildman–Crippen LogP) is 4.63. The molecule has 0 amide bonds. The van der Waals surface area contributed by atoms with Crippen LogP contribution in [0.5, 0.6) is 0 Å². The van der Waals surface area contributed by atoms with E-state index in [4.69, 9.17) is 11.6 Å². The van der Waals surface area contributed by atoms with E-state index in [-0.39, 0.29) is 6.04 Å². The van der Waals surface area contributed by atoms with Crippen molar-refractivity contribution in [1.82, 2.24) is 9.97 Å². The fourth-order valence-electron chi connectivity index (χ4n) is 1.95. The molecule has 1 unspecified atom stereocenters. The van der Waals surface area contributed by atoms with Gasteiger partial charge < -0.3 is 5.32 Å². The molecule has 0 aliphatic rings. The van der Waals surface area contributed by atoms with Gasteiger partial charge >= 0.3 is 0 Å². The standard InChI is InChI=1S/C14H18ClN3S/c1-4-5-11-13(15)16-8-17-14(11)18-10(3)12-7-6-9(2)19-12/h6-8,10H,4-5H2,1-3H3,(H,16,17,18). The van der Waals surface area contributed by atoms with E-state index in [2.05, 4.69) is 48.2 Å². The molecule has 0 saturated heterocycles. The van der Waals surface area contributed by atoms with Crippen molar-refractivity contribution in [2.45, 2.75) is 39.7 Å². The molecule has 2 aromatic rings. The highest BCUT2D eigenvalue weighted by Crippen LogP contribution is 2.28. The lowest BCUT2D eigenvalue weighted by molar-refractivity contribution is 0.858. The van der Waals surface area contributed by atoms with E-state index < -0.39 is 0 Å². The Hall–Kier alpha value is -1.13. The van der Waals surface area contributed by atoms with Crippen LogP contribution in [0.4, 0.5) is 5.82 Å². The Labute approximate surface area is 123 Å². The molecular weight excluding hydrogens is 278 g/mol. The number of thiophene rings is 1. The Morgan fingerprint density at radius 3 is 2.79 bits per heavy atom. The quantitative estimate of drug-likeness (QED) is 0.818. The van der Waals surface area contributed by atoms with E-state index in [0.29, 0.717) is 5.15 Å². The third kappa shape index (κ3) is 3.45. The Kier molecular flexibility index (Phi) is 4.77. The molecule has 1 N–H and O–H groups in total. The summed E-state index contributed by atoms with van der Waals surface area (Å²) >= 11 is 7.95. The molecule has 2 rings (SSSR count). The largest absolute Gasteiger partial charge is 0.362 e. The zero-order valence-electron chi connectivity index (χ0n) is 11.4. The number of nitrogens with zero attached hydrogens (tertiary/aromatic N) is 2. The van der Waals surface area contributed by atoms with Crippen LogP contribution in [0.25, 0.3) is 0 Å². The molecule has 2 aromatic heterocycles. The summed E-state index contributed by atoms with van der Waals surface area (Å²) < 4.78 is 0. The van der Waals surface area contributed by atoms with E-state index in [9.17, 15) is 0 Å². The molecule has 1 atom stereocenters.